The van der Waals surface area contributed by atoms with Crippen molar-refractivity contribution >= 4 is 38.8 Å². The fraction of sp³-hybridized carbons (Fsp3) is 0.462. The zero-order chi connectivity index (χ0) is 14.4. The first kappa shape index (κ1) is 16.3. The molecular weight excluding hydrogens is 329 g/mol. The largest absolute Gasteiger partial charge is 0.389 e. The lowest BCUT2D eigenvalue weighted by molar-refractivity contribution is 0.316. The summed E-state index contributed by atoms with van der Waals surface area (Å²) >= 11 is 8.05. The molecule has 1 aromatic carbocycles. The molecule has 0 aliphatic carbocycles. The third-order valence-corrected chi connectivity index (χ3v) is 3.98. The molecule has 0 aromatic heterocycles. The molecule has 0 spiro atoms. The van der Waals surface area contributed by atoms with Crippen LogP contribution in [0.15, 0.2) is 16.6 Å². The lowest BCUT2D eigenvalue weighted by Crippen LogP contribution is -2.28. The van der Waals surface area contributed by atoms with Gasteiger partial charge in [-0.1, -0.05) is 26.1 Å². The predicted molar refractivity (Wildman–Crippen MR) is 86.3 cm³/mol. The molecule has 3 nitrogen and oxygen atoms in total. The summed E-state index contributed by atoms with van der Waals surface area (Å²) in [5.74, 6) is -0.357. The van der Waals surface area contributed by atoms with Gasteiger partial charge in [-0.05, 0) is 41.2 Å². The molecule has 1 rings (SSSR count). The number of rotatable bonds is 7. The molecule has 106 valence electrons. The molecule has 0 unspecified atom stereocenters. The lowest BCUT2D eigenvalue weighted by atomic mass is 10.2. The zero-order valence-electron chi connectivity index (χ0n) is 11.2. The van der Waals surface area contributed by atoms with Gasteiger partial charge in [-0.15, -0.1) is 0 Å². The van der Waals surface area contributed by atoms with Crippen molar-refractivity contribution in [2.75, 3.05) is 31.5 Å². The Kier molecular flexibility index (Phi) is 6.68. The van der Waals surface area contributed by atoms with Gasteiger partial charge >= 0.3 is 0 Å². The van der Waals surface area contributed by atoms with Gasteiger partial charge in [-0.3, -0.25) is 0 Å². The summed E-state index contributed by atoms with van der Waals surface area (Å²) in [5, 5.41) is 3.09. The molecule has 0 bridgehead atoms. The van der Waals surface area contributed by atoms with E-state index in [1.165, 1.54) is 0 Å². The Morgan fingerprint density at radius 3 is 2.58 bits per heavy atom. The van der Waals surface area contributed by atoms with Crippen LogP contribution >= 0.6 is 28.1 Å². The summed E-state index contributed by atoms with van der Waals surface area (Å²) in [4.78, 5) is 2.45. The van der Waals surface area contributed by atoms with Gasteiger partial charge in [0, 0.05) is 18.7 Å². The van der Waals surface area contributed by atoms with Crippen LogP contribution in [0.1, 0.15) is 19.4 Å². The van der Waals surface area contributed by atoms with E-state index in [1.807, 2.05) is 0 Å². The van der Waals surface area contributed by atoms with Crippen molar-refractivity contribution in [3.8, 4) is 0 Å². The van der Waals surface area contributed by atoms with Crippen molar-refractivity contribution in [1.29, 1.82) is 0 Å². The molecule has 0 aliphatic rings. The third kappa shape index (κ3) is 4.40. The first-order valence-electron chi connectivity index (χ1n) is 6.25. The fourth-order valence-electron chi connectivity index (χ4n) is 1.76. The van der Waals surface area contributed by atoms with Gasteiger partial charge < -0.3 is 16.0 Å². The van der Waals surface area contributed by atoms with E-state index < -0.39 is 0 Å². The van der Waals surface area contributed by atoms with Gasteiger partial charge in [0.1, 0.15) is 4.99 Å². The van der Waals surface area contributed by atoms with E-state index in [2.05, 4.69) is 40.0 Å². The van der Waals surface area contributed by atoms with Gasteiger partial charge in [0.2, 0.25) is 0 Å². The van der Waals surface area contributed by atoms with Crippen molar-refractivity contribution in [1.82, 2.24) is 4.90 Å². The number of nitrogens with one attached hydrogen (secondary N) is 1. The molecule has 0 radical (unpaired) electrons. The van der Waals surface area contributed by atoms with E-state index in [4.69, 9.17) is 18.0 Å². The molecule has 0 atom stereocenters. The summed E-state index contributed by atoms with van der Waals surface area (Å²) in [6.07, 6.45) is 0. The zero-order valence-corrected chi connectivity index (χ0v) is 13.6. The summed E-state index contributed by atoms with van der Waals surface area (Å²) in [5.41, 5.74) is 6.49. The molecular formula is C13H19BrFN3S. The van der Waals surface area contributed by atoms with E-state index in [0.29, 0.717) is 22.3 Å². The topological polar surface area (TPSA) is 41.3 Å². The van der Waals surface area contributed by atoms with Crippen LogP contribution in [-0.2, 0) is 0 Å². The molecule has 0 fully saturated rings. The quantitative estimate of drug-likeness (QED) is 0.744. The van der Waals surface area contributed by atoms with Gasteiger partial charge in [0.15, 0.2) is 5.82 Å². The molecule has 0 aliphatic heterocycles. The Labute approximate surface area is 127 Å². The van der Waals surface area contributed by atoms with Crippen molar-refractivity contribution < 1.29 is 4.39 Å². The first-order valence-corrected chi connectivity index (χ1v) is 7.45. The molecule has 0 saturated heterocycles. The minimum atomic E-state index is -0.357. The fourth-order valence-corrected chi connectivity index (χ4v) is 2.63. The predicted octanol–water partition coefficient (Wildman–Crippen LogP) is 2.98. The van der Waals surface area contributed by atoms with E-state index in [1.54, 1.807) is 12.1 Å². The molecule has 0 saturated carbocycles. The SMILES string of the molecule is CCN(CC)CCNc1ccc(C(N)=S)c(Br)c1F. The minimum absolute atomic E-state index is 0.181. The molecule has 0 heterocycles. The maximum atomic E-state index is 14.1. The second-order valence-corrected chi connectivity index (χ2v) is 5.34. The first-order chi connectivity index (χ1) is 9.01. The number of likely N-dealkylation sites (N-methyl/N-ethyl adjacent to an activating group) is 1. The summed E-state index contributed by atoms with van der Waals surface area (Å²) < 4.78 is 14.4. The second-order valence-electron chi connectivity index (χ2n) is 4.11. The number of thiocarbonyl (C=S) groups is 1. The van der Waals surface area contributed by atoms with Crippen LogP contribution in [0.3, 0.4) is 0 Å². The Balaban J connectivity index is 2.70. The highest BCUT2D eigenvalue weighted by molar-refractivity contribution is 9.10. The van der Waals surface area contributed by atoms with Crippen molar-refractivity contribution in [3.63, 3.8) is 0 Å². The highest BCUT2D eigenvalue weighted by Crippen LogP contribution is 2.26. The third-order valence-electron chi connectivity index (χ3n) is 2.99. The average Bonchev–Trinajstić information content (AvgIpc) is 2.39. The number of hydrogen-bond acceptors (Lipinski definition) is 3. The second kappa shape index (κ2) is 7.77. The standard InChI is InChI=1S/C13H19BrFN3S/c1-3-18(4-2)8-7-17-10-6-5-9(13(16)19)11(14)12(10)15/h5-6,17H,3-4,7-8H2,1-2H3,(H2,16,19). The van der Waals surface area contributed by atoms with Crippen molar-refractivity contribution in [2.24, 2.45) is 5.73 Å². The molecule has 19 heavy (non-hydrogen) atoms. The van der Waals surface area contributed by atoms with Crippen LogP contribution in [0.5, 0.6) is 0 Å². The van der Waals surface area contributed by atoms with Crippen LogP contribution < -0.4 is 11.1 Å². The van der Waals surface area contributed by atoms with Crippen LogP contribution in [-0.4, -0.2) is 36.1 Å². The van der Waals surface area contributed by atoms with E-state index in [-0.39, 0.29) is 10.8 Å². The number of anilines is 1. The summed E-state index contributed by atoms with van der Waals surface area (Å²) in [6.45, 7) is 7.77. The van der Waals surface area contributed by atoms with Crippen LogP contribution in [0.2, 0.25) is 0 Å². The number of nitrogens with two attached hydrogens (primary N) is 1. The lowest BCUT2D eigenvalue weighted by Gasteiger charge is -2.19. The maximum absolute atomic E-state index is 14.1. The molecule has 6 heteroatoms. The molecule has 0 amide bonds. The van der Waals surface area contributed by atoms with Crippen LogP contribution in [0.25, 0.3) is 0 Å². The molecule has 3 N–H and O–H groups in total. The van der Waals surface area contributed by atoms with Crippen LogP contribution in [0.4, 0.5) is 10.1 Å². The Hall–Kier alpha value is -0.720. The normalized spacial score (nSPS) is 10.8. The average molecular weight is 348 g/mol. The van der Waals surface area contributed by atoms with Gasteiger partial charge in [-0.2, -0.15) is 0 Å². The smallest absolute Gasteiger partial charge is 0.161 e. The number of hydrogen-bond donors (Lipinski definition) is 2. The van der Waals surface area contributed by atoms with E-state index >= 15 is 0 Å². The van der Waals surface area contributed by atoms with E-state index in [9.17, 15) is 4.39 Å². The minimum Gasteiger partial charge on any atom is -0.389 e. The monoisotopic (exact) mass is 347 g/mol. The van der Waals surface area contributed by atoms with Crippen molar-refractivity contribution in [2.45, 2.75) is 13.8 Å². The number of nitrogens with zero attached hydrogens (tertiary/aromatic N) is 1. The highest BCUT2D eigenvalue weighted by atomic mass is 79.9. The summed E-state index contributed by atoms with van der Waals surface area (Å²) in [6, 6.07) is 3.38. The molecule has 1 aromatic rings. The Morgan fingerprint density at radius 2 is 2.05 bits per heavy atom. The summed E-state index contributed by atoms with van der Waals surface area (Å²) in [7, 11) is 0. The number of halogens is 2. The van der Waals surface area contributed by atoms with Gasteiger partial charge in [0.05, 0.1) is 10.2 Å². The van der Waals surface area contributed by atoms with Gasteiger partial charge in [-0.25, -0.2) is 4.39 Å². The number of benzene rings is 1. The van der Waals surface area contributed by atoms with Crippen molar-refractivity contribution in [3.05, 3.63) is 28.0 Å². The van der Waals surface area contributed by atoms with Crippen LogP contribution in [0, 0.1) is 5.82 Å². The Bertz CT molecular complexity index is 450. The van der Waals surface area contributed by atoms with E-state index in [0.717, 1.165) is 19.6 Å². The van der Waals surface area contributed by atoms with Gasteiger partial charge in [0.25, 0.3) is 0 Å². The maximum Gasteiger partial charge on any atom is 0.161 e. The Morgan fingerprint density at radius 1 is 1.42 bits per heavy atom. The highest BCUT2D eigenvalue weighted by Gasteiger charge is 2.12.